The van der Waals surface area contributed by atoms with Crippen LogP contribution in [-0.4, -0.2) is 14.5 Å². The number of hydrogen-bond donors (Lipinski definition) is 0. The number of thioether (sulfide) groups is 1. The van der Waals surface area contributed by atoms with E-state index in [1.807, 2.05) is 13.0 Å². The molecule has 2 aromatic rings. The first kappa shape index (κ1) is 17.5. The third-order valence-electron chi connectivity index (χ3n) is 3.80. The number of nitro groups is 1. The van der Waals surface area contributed by atoms with E-state index in [9.17, 15) is 10.1 Å². The van der Waals surface area contributed by atoms with Crippen molar-refractivity contribution in [2.24, 2.45) is 5.92 Å². The summed E-state index contributed by atoms with van der Waals surface area (Å²) in [5, 5.41) is 12.0. The zero-order chi connectivity index (χ0) is 17.1. The molecule has 0 saturated heterocycles. The number of imidazole rings is 1. The van der Waals surface area contributed by atoms with Gasteiger partial charge in [-0.3, -0.25) is 10.1 Å². The Morgan fingerprint density at radius 1 is 1.30 bits per heavy atom. The van der Waals surface area contributed by atoms with Crippen LogP contribution in [0.5, 0.6) is 0 Å². The van der Waals surface area contributed by atoms with E-state index in [0.29, 0.717) is 5.92 Å². The first-order valence-corrected chi connectivity index (χ1v) is 8.62. The summed E-state index contributed by atoms with van der Waals surface area (Å²) in [5.74, 6) is 0.537. The molecule has 0 radical (unpaired) electrons. The van der Waals surface area contributed by atoms with Crippen LogP contribution in [0.1, 0.15) is 43.0 Å². The molecule has 5 nitrogen and oxygen atoms in total. The third-order valence-corrected chi connectivity index (χ3v) is 4.95. The molecule has 1 aromatic carbocycles. The average molecular weight is 333 g/mol. The van der Waals surface area contributed by atoms with Gasteiger partial charge in [-0.1, -0.05) is 37.7 Å². The molecule has 1 unspecified atom stereocenters. The lowest BCUT2D eigenvalue weighted by Crippen LogP contribution is -2.08. The van der Waals surface area contributed by atoms with Gasteiger partial charge in [0.05, 0.1) is 10.6 Å². The van der Waals surface area contributed by atoms with E-state index in [1.54, 1.807) is 23.9 Å². The van der Waals surface area contributed by atoms with Crippen LogP contribution in [0.4, 0.5) is 5.69 Å². The smallest absolute Gasteiger partial charge is 0.269 e. The van der Waals surface area contributed by atoms with Gasteiger partial charge < -0.3 is 4.57 Å². The third kappa shape index (κ3) is 4.13. The van der Waals surface area contributed by atoms with E-state index in [2.05, 4.69) is 37.2 Å². The molecular weight excluding hydrogens is 310 g/mol. The number of nitro benzene ring substituents is 1. The molecule has 0 bridgehead atoms. The molecular formula is C17H23N3O2S. The molecule has 1 atom stereocenters. The van der Waals surface area contributed by atoms with E-state index >= 15 is 0 Å². The van der Waals surface area contributed by atoms with Gasteiger partial charge in [0.2, 0.25) is 0 Å². The Hall–Kier alpha value is -1.82. The molecule has 0 fully saturated rings. The van der Waals surface area contributed by atoms with E-state index in [1.165, 1.54) is 11.8 Å². The van der Waals surface area contributed by atoms with Gasteiger partial charge in [-0.25, -0.2) is 4.98 Å². The standard InChI is InChI=1S/C17H23N3O2S/c1-11(2)10-19-13(4)12(3)18-17(19)23-14(5)15-7-6-8-16(9-15)20(21)22/h6-9,11,14H,10H2,1-5H3. The van der Waals surface area contributed by atoms with Gasteiger partial charge >= 0.3 is 0 Å². The Kier molecular flexibility index (Phi) is 5.46. The topological polar surface area (TPSA) is 61.0 Å². The lowest BCUT2D eigenvalue weighted by atomic mass is 10.1. The Morgan fingerprint density at radius 3 is 2.61 bits per heavy atom. The Morgan fingerprint density at radius 2 is 2.00 bits per heavy atom. The molecule has 0 amide bonds. The Balaban J connectivity index is 2.26. The van der Waals surface area contributed by atoms with Crippen molar-refractivity contribution in [2.75, 3.05) is 0 Å². The molecule has 0 spiro atoms. The molecule has 1 heterocycles. The number of hydrogen-bond acceptors (Lipinski definition) is 4. The molecule has 23 heavy (non-hydrogen) atoms. The SMILES string of the molecule is Cc1nc(SC(C)c2cccc([N+](=O)[O-])c2)n(CC(C)C)c1C. The number of rotatable bonds is 6. The van der Waals surface area contributed by atoms with Crippen LogP contribution in [0.15, 0.2) is 29.4 Å². The predicted molar refractivity (Wildman–Crippen MR) is 93.9 cm³/mol. The van der Waals surface area contributed by atoms with Crippen LogP contribution in [0.3, 0.4) is 0 Å². The fourth-order valence-corrected chi connectivity index (χ4v) is 3.54. The van der Waals surface area contributed by atoms with Gasteiger partial charge in [-0.15, -0.1) is 0 Å². The molecule has 124 valence electrons. The highest BCUT2D eigenvalue weighted by Gasteiger charge is 2.18. The van der Waals surface area contributed by atoms with Crippen LogP contribution < -0.4 is 0 Å². The fraction of sp³-hybridized carbons (Fsp3) is 0.471. The van der Waals surface area contributed by atoms with Crippen molar-refractivity contribution >= 4 is 17.4 Å². The second-order valence-corrected chi connectivity index (χ2v) is 7.49. The van der Waals surface area contributed by atoms with Crippen LogP contribution in [0.25, 0.3) is 0 Å². The number of nitrogens with zero attached hydrogens (tertiary/aromatic N) is 3. The molecule has 0 saturated carbocycles. The normalized spacial score (nSPS) is 12.6. The number of non-ortho nitro benzene ring substituents is 1. The van der Waals surface area contributed by atoms with Gasteiger partial charge in [0.15, 0.2) is 5.16 Å². The van der Waals surface area contributed by atoms with Crippen LogP contribution >= 0.6 is 11.8 Å². The van der Waals surface area contributed by atoms with E-state index < -0.39 is 0 Å². The highest BCUT2D eigenvalue weighted by molar-refractivity contribution is 7.99. The zero-order valence-corrected chi connectivity index (χ0v) is 15.1. The zero-order valence-electron chi connectivity index (χ0n) is 14.2. The number of aromatic nitrogens is 2. The summed E-state index contributed by atoms with van der Waals surface area (Å²) in [4.78, 5) is 15.3. The fourth-order valence-electron chi connectivity index (χ4n) is 2.41. The highest BCUT2D eigenvalue weighted by atomic mass is 32.2. The van der Waals surface area contributed by atoms with Crippen LogP contribution in [0, 0.1) is 29.9 Å². The number of aryl methyl sites for hydroxylation is 1. The summed E-state index contributed by atoms with van der Waals surface area (Å²) >= 11 is 1.65. The lowest BCUT2D eigenvalue weighted by molar-refractivity contribution is -0.384. The molecule has 0 aliphatic rings. The maximum absolute atomic E-state index is 10.9. The molecule has 6 heteroatoms. The predicted octanol–water partition coefficient (Wildman–Crippen LogP) is 4.92. The monoisotopic (exact) mass is 333 g/mol. The summed E-state index contributed by atoms with van der Waals surface area (Å²) in [5.41, 5.74) is 3.30. The lowest BCUT2D eigenvalue weighted by Gasteiger charge is -2.15. The van der Waals surface area contributed by atoms with Crippen LogP contribution in [-0.2, 0) is 6.54 Å². The van der Waals surface area contributed by atoms with Gasteiger partial charge in [0, 0.05) is 29.6 Å². The summed E-state index contributed by atoms with van der Waals surface area (Å²) in [7, 11) is 0. The van der Waals surface area contributed by atoms with Crippen molar-refractivity contribution in [3.63, 3.8) is 0 Å². The first-order valence-electron chi connectivity index (χ1n) is 7.74. The molecule has 0 aliphatic heterocycles. The van der Waals surface area contributed by atoms with E-state index in [0.717, 1.165) is 23.0 Å². The Bertz CT molecular complexity index is 710. The van der Waals surface area contributed by atoms with Crippen molar-refractivity contribution in [3.8, 4) is 0 Å². The molecule has 2 rings (SSSR count). The van der Waals surface area contributed by atoms with Gasteiger partial charge in [0.1, 0.15) is 0 Å². The first-order chi connectivity index (χ1) is 10.8. The highest BCUT2D eigenvalue weighted by Crippen LogP contribution is 2.36. The summed E-state index contributed by atoms with van der Waals surface area (Å²) in [6.07, 6.45) is 0. The molecule has 0 N–H and O–H groups in total. The van der Waals surface area contributed by atoms with Crippen molar-refractivity contribution in [1.29, 1.82) is 0 Å². The minimum atomic E-state index is -0.352. The second kappa shape index (κ2) is 7.17. The Labute approximate surface area is 141 Å². The largest absolute Gasteiger partial charge is 0.323 e. The maximum atomic E-state index is 10.9. The van der Waals surface area contributed by atoms with Crippen molar-refractivity contribution < 1.29 is 4.92 Å². The average Bonchev–Trinajstić information content (AvgIpc) is 2.74. The minimum Gasteiger partial charge on any atom is -0.323 e. The minimum absolute atomic E-state index is 0.0991. The molecule has 1 aromatic heterocycles. The van der Waals surface area contributed by atoms with Gasteiger partial charge in [-0.05, 0) is 32.3 Å². The summed E-state index contributed by atoms with van der Waals surface area (Å²) < 4.78 is 2.25. The van der Waals surface area contributed by atoms with Gasteiger partial charge in [-0.2, -0.15) is 0 Å². The van der Waals surface area contributed by atoms with Crippen molar-refractivity contribution in [3.05, 3.63) is 51.3 Å². The van der Waals surface area contributed by atoms with E-state index in [4.69, 9.17) is 0 Å². The van der Waals surface area contributed by atoms with Crippen molar-refractivity contribution in [1.82, 2.24) is 9.55 Å². The summed E-state index contributed by atoms with van der Waals surface area (Å²) in [6, 6.07) is 6.84. The van der Waals surface area contributed by atoms with Crippen molar-refractivity contribution in [2.45, 2.75) is 51.6 Å². The second-order valence-electron chi connectivity index (χ2n) is 6.18. The van der Waals surface area contributed by atoms with Gasteiger partial charge in [0.25, 0.3) is 5.69 Å². The number of benzene rings is 1. The summed E-state index contributed by atoms with van der Waals surface area (Å²) in [6.45, 7) is 11.5. The maximum Gasteiger partial charge on any atom is 0.269 e. The molecule has 0 aliphatic carbocycles. The van der Waals surface area contributed by atoms with Crippen LogP contribution in [0.2, 0.25) is 0 Å². The van der Waals surface area contributed by atoms with E-state index in [-0.39, 0.29) is 15.9 Å². The quantitative estimate of drug-likeness (QED) is 0.428.